The number of carbonyl (C=O) groups is 1. The van der Waals surface area contributed by atoms with E-state index in [4.69, 9.17) is 19.9 Å². The lowest BCUT2D eigenvalue weighted by Gasteiger charge is -2.38. The first kappa shape index (κ1) is 24.3. The molecular formula is C20H19ClF3N5O4. The SMILES string of the molecule is C=C(F)COc1cnc(C(=O)Nc2ccc(F)c(C34COCC3(F)COC(N)=N4)c2)cn1.Cl. The normalized spacial score (nSPS) is 23.4. The van der Waals surface area contributed by atoms with Gasteiger partial charge in [0.25, 0.3) is 11.9 Å². The molecule has 9 nitrogen and oxygen atoms in total. The molecule has 2 atom stereocenters. The van der Waals surface area contributed by atoms with Crippen molar-refractivity contribution in [1.29, 1.82) is 0 Å². The summed E-state index contributed by atoms with van der Waals surface area (Å²) >= 11 is 0. The van der Waals surface area contributed by atoms with Crippen LogP contribution in [0.1, 0.15) is 16.1 Å². The number of halogens is 4. The zero-order chi connectivity index (χ0) is 22.9. The molecule has 0 aliphatic carbocycles. The van der Waals surface area contributed by atoms with Crippen LogP contribution in [0.15, 0.2) is 48.0 Å². The van der Waals surface area contributed by atoms with Crippen LogP contribution in [0.3, 0.4) is 0 Å². The van der Waals surface area contributed by atoms with Crippen LogP contribution >= 0.6 is 12.4 Å². The van der Waals surface area contributed by atoms with Gasteiger partial charge in [0.2, 0.25) is 5.88 Å². The molecule has 13 heteroatoms. The number of nitrogens with zero attached hydrogens (tertiary/aromatic N) is 3. The number of hydrogen-bond acceptors (Lipinski definition) is 8. The molecule has 1 fully saturated rings. The van der Waals surface area contributed by atoms with Crippen LogP contribution in [0.5, 0.6) is 5.88 Å². The van der Waals surface area contributed by atoms with E-state index in [9.17, 15) is 13.6 Å². The fourth-order valence-corrected chi connectivity index (χ4v) is 3.47. The minimum atomic E-state index is -2.13. The average molecular weight is 486 g/mol. The molecule has 0 bridgehead atoms. The number of aliphatic imine (C=N–C) groups is 1. The molecule has 3 heterocycles. The molecule has 2 aromatic rings. The summed E-state index contributed by atoms with van der Waals surface area (Å²) in [4.78, 5) is 24.3. The molecule has 3 N–H and O–H groups in total. The Kier molecular flexibility index (Phi) is 6.79. The van der Waals surface area contributed by atoms with Crippen LogP contribution in [0.2, 0.25) is 0 Å². The second-order valence-corrected chi connectivity index (χ2v) is 7.25. The highest BCUT2D eigenvalue weighted by molar-refractivity contribution is 6.02. The predicted molar refractivity (Wildman–Crippen MR) is 113 cm³/mol. The number of carbonyl (C=O) groups excluding carboxylic acids is 1. The monoisotopic (exact) mass is 485 g/mol. The van der Waals surface area contributed by atoms with E-state index in [1.54, 1.807) is 0 Å². The number of nitrogens with two attached hydrogens (primary N) is 1. The van der Waals surface area contributed by atoms with E-state index in [1.165, 1.54) is 12.1 Å². The molecule has 176 valence electrons. The summed E-state index contributed by atoms with van der Waals surface area (Å²) in [5.41, 5.74) is 1.68. The topological polar surface area (TPSA) is 121 Å². The number of amides is 1. The van der Waals surface area contributed by atoms with Gasteiger partial charge >= 0.3 is 0 Å². The van der Waals surface area contributed by atoms with Gasteiger partial charge in [-0.15, -0.1) is 12.4 Å². The first-order valence-corrected chi connectivity index (χ1v) is 9.37. The van der Waals surface area contributed by atoms with Crippen LogP contribution in [0.25, 0.3) is 0 Å². The molecule has 1 saturated heterocycles. The molecule has 33 heavy (non-hydrogen) atoms. The summed E-state index contributed by atoms with van der Waals surface area (Å²) in [6.07, 6.45) is 2.26. The Hall–Kier alpha value is -3.38. The molecule has 0 radical (unpaired) electrons. The first-order valence-electron chi connectivity index (χ1n) is 9.37. The maximum Gasteiger partial charge on any atom is 0.283 e. The van der Waals surface area contributed by atoms with Gasteiger partial charge in [-0.2, -0.15) is 0 Å². The summed E-state index contributed by atoms with van der Waals surface area (Å²) in [5.74, 6) is -2.11. The van der Waals surface area contributed by atoms with E-state index in [1.807, 2.05) is 0 Å². The van der Waals surface area contributed by atoms with Crippen molar-refractivity contribution in [3.63, 3.8) is 0 Å². The highest BCUT2D eigenvalue weighted by Gasteiger charge is 2.62. The van der Waals surface area contributed by atoms with Crippen molar-refractivity contribution in [3.05, 3.63) is 60.1 Å². The molecule has 2 unspecified atom stereocenters. The first-order chi connectivity index (χ1) is 15.2. The maximum atomic E-state index is 15.5. The van der Waals surface area contributed by atoms with Gasteiger partial charge in [-0.25, -0.2) is 28.1 Å². The minimum absolute atomic E-state index is 0. The van der Waals surface area contributed by atoms with Crippen molar-refractivity contribution in [1.82, 2.24) is 9.97 Å². The summed E-state index contributed by atoms with van der Waals surface area (Å²) in [6.45, 7) is 1.62. The van der Waals surface area contributed by atoms with E-state index in [0.29, 0.717) is 0 Å². The van der Waals surface area contributed by atoms with Gasteiger partial charge in [0.05, 0.1) is 25.6 Å². The van der Waals surface area contributed by atoms with E-state index in [0.717, 1.165) is 18.5 Å². The number of aromatic nitrogens is 2. The van der Waals surface area contributed by atoms with Crippen LogP contribution in [-0.4, -0.2) is 54.0 Å². The van der Waals surface area contributed by atoms with Crippen molar-refractivity contribution >= 4 is 30.0 Å². The molecule has 0 spiro atoms. The second kappa shape index (κ2) is 9.24. The second-order valence-electron chi connectivity index (χ2n) is 7.25. The van der Waals surface area contributed by atoms with Gasteiger partial charge in [-0.3, -0.25) is 4.79 Å². The summed E-state index contributed by atoms with van der Waals surface area (Å²) in [6, 6.07) is 3.35. The van der Waals surface area contributed by atoms with Crippen LogP contribution in [0.4, 0.5) is 18.9 Å². The fourth-order valence-electron chi connectivity index (χ4n) is 3.47. The number of nitrogens with one attached hydrogen (secondary N) is 1. The van der Waals surface area contributed by atoms with E-state index < -0.39 is 42.0 Å². The van der Waals surface area contributed by atoms with Gasteiger partial charge in [0.15, 0.2) is 11.2 Å². The Morgan fingerprint density at radius 1 is 1.27 bits per heavy atom. The fraction of sp³-hybridized carbons (Fsp3) is 0.300. The van der Waals surface area contributed by atoms with Gasteiger partial charge < -0.3 is 25.3 Å². The number of anilines is 1. The standard InChI is InChI=1S/C20H18F3N5O4.ClH/c1-11(21)7-31-16-6-25-15(5-26-16)17(29)27-12-2-3-14(22)13(4-12)20-10-30-8-19(20,23)9-32-18(24)28-20;/h2-6H,1,7-10H2,(H2,24,28)(H,27,29);1H. The Labute approximate surface area is 192 Å². The number of ether oxygens (including phenoxy) is 3. The zero-order valence-corrected chi connectivity index (χ0v) is 17.8. The largest absolute Gasteiger partial charge is 0.469 e. The number of alkyl halides is 1. The van der Waals surface area contributed by atoms with Gasteiger partial charge in [0.1, 0.15) is 30.6 Å². The lowest BCUT2D eigenvalue weighted by Crippen LogP contribution is -2.55. The molecule has 0 saturated carbocycles. The van der Waals surface area contributed by atoms with Crippen molar-refractivity contribution in [2.24, 2.45) is 10.7 Å². The lowest BCUT2D eigenvalue weighted by atomic mass is 9.78. The minimum Gasteiger partial charge on any atom is -0.469 e. The summed E-state index contributed by atoms with van der Waals surface area (Å²) < 4.78 is 58.2. The third kappa shape index (κ3) is 4.57. The lowest BCUT2D eigenvalue weighted by molar-refractivity contribution is 0.00905. The predicted octanol–water partition coefficient (Wildman–Crippen LogP) is 2.43. The number of amidine groups is 1. The van der Waals surface area contributed by atoms with Gasteiger partial charge in [-0.1, -0.05) is 6.58 Å². The molecule has 2 aliphatic rings. The quantitative estimate of drug-likeness (QED) is 0.644. The van der Waals surface area contributed by atoms with Crippen molar-refractivity contribution in [2.75, 3.05) is 31.7 Å². The van der Waals surface area contributed by atoms with Crippen molar-refractivity contribution in [2.45, 2.75) is 11.2 Å². The molecular weight excluding hydrogens is 467 g/mol. The van der Waals surface area contributed by atoms with E-state index in [-0.39, 0.29) is 54.5 Å². The molecule has 1 aromatic heterocycles. The molecule has 1 amide bonds. The van der Waals surface area contributed by atoms with E-state index >= 15 is 4.39 Å². The van der Waals surface area contributed by atoms with Crippen LogP contribution in [0, 0.1) is 5.82 Å². The van der Waals surface area contributed by atoms with E-state index in [2.05, 4.69) is 26.9 Å². The number of rotatable bonds is 6. The Morgan fingerprint density at radius 2 is 2.06 bits per heavy atom. The number of benzene rings is 1. The highest BCUT2D eigenvalue weighted by atomic mass is 35.5. The zero-order valence-electron chi connectivity index (χ0n) is 17.0. The molecule has 2 aliphatic heterocycles. The number of hydrogen-bond donors (Lipinski definition) is 2. The molecule has 1 aromatic carbocycles. The van der Waals surface area contributed by atoms with Crippen LogP contribution < -0.4 is 15.8 Å². The maximum absolute atomic E-state index is 15.5. The van der Waals surface area contributed by atoms with Gasteiger partial charge in [-0.05, 0) is 18.2 Å². The average Bonchev–Trinajstić information content (AvgIpc) is 3.11. The Balaban J connectivity index is 0.00000306. The summed E-state index contributed by atoms with van der Waals surface area (Å²) in [5, 5.41) is 2.54. The molecule has 4 rings (SSSR count). The highest BCUT2D eigenvalue weighted by Crippen LogP contribution is 2.48. The Bertz CT molecular complexity index is 1100. The Morgan fingerprint density at radius 3 is 2.76 bits per heavy atom. The summed E-state index contributed by atoms with van der Waals surface area (Å²) in [7, 11) is 0. The van der Waals surface area contributed by atoms with Crippen LogP contribution in [-0.2, 0) is 15.0 Å². The van der Waals surface area contributed by atoms with Crippen molar-refractivity contribution < 1.29 is 32.2 Å². The smallest absolute Gasteiger partial charge is 0.283 e. The number of fused-ring (bicyclic) bond motifs is 1. The third-order valence-electron chi connectivity index (χ3n) is 5.04. The van der Waals surface area contributed by atoms with Gasteiger partial charge in [0, 0.05) is 11.3 Å². The third-order valence-corrected chi connectivity index (χ3v) is 5.04. The van der Waals surface area contributed by atoms with Crippen molar-refractivity contribution in [3.8, 4) is 5.88 Å².